The fraction of sp³-hybridized carbons (Fsp3) is 0.353. The van der Waals surface area contributed by atoms with E-state index in [1.165, 1.54) is 6.92 Å². The summed E-state index contributed by atoms with van der Waals surface area (Å²) in [5, 5.41) is 15.6. The first kappa shape index (κ1) is 18.4. The molecule has 1 aliphatic rings. The minimum absolute atomic E-state index is 0.0480. The van der Waals surface area contributed by atoms with E-state index in [4.69, 9.17) is 9.47 Å². The van der Waals surface area contributed by atoms with Crippen molar-refractivity contribution in [3.05, 3.63) is 30.1 Å². The molecule has 1 aromatic carbocycles. The van der Waals surface area contributed by atoms with Crippen molar-refractivity contribution in [1.29, 1.82) is 0 Å². The summed E-state index contributed by atoms with van der Waals surface area (Å²) in [4.78, 5) is 34.5. The van der Waals surface area contributed by atoms with Gasteiger partial charge in [-0.1, -0.05) is 0 Å². The number of hydrogen-bond acceptors (Lipinski definition) is 10. The van der Waals surface area contributed by atoms with Crippen molar-refractivity contribution in [3.8, 4) is 17.1 Å². The average Bonchev–Trinajstić information content (AvgIpc) is 2.89. The first-order valence-electron chi connectivity index (χ1n) is 8.16. The molecule has 0 N–H and O–H groups in total. The van der Waals surface area contributed by atoms with Crippen molar-refractivity contribution < 1.29 is 28.6 Å². The maximum atomic E-state index is 11.8. The molecule has 10 nitrogen and oxygen atoms in total. The van der Waals surface area contributed by atoms with Crippen LogP contribution in [0.3, 0.4) is 0 Å². The van der Waals surface area contributed by atoms with Crippen LogP contribution in [-0.4, -0.2) is 51.0 Å². The van der Waals surface area contributed by atoms with Gasteiger partial charge in [-0.15, -0.1) is 20.4 Å². The van der Waals surface area contributed by atoms with Gasteiger partial charge < -0.3 is 14.2 Å². The monoisotopic (exact) mass is 372 g/mol. The molecule has 0 aliphatic carbocycles. The molecule has 1 aromatic heterocycles. The molecule has 0 saturated carbocycles. The van der Waals surface area contributed by atoms with Crippen LogP contribution < -0.4 is 4.74 Å². The van der Waals surface area contributed by atoms with Gasteiger partial charge in [0.2, 0.25) is 11.9 Å². The van der Waals surface area contributed by atoms with Crippen molar-refractivity contribution in [3.63, 3.8) is 0 Å². The van der Waals surface area contributed by atoms with E-state index in [0.717, 1.165) is 5.56 Å². The van der Waals surface area contributed by atoms with Gasteiger partial charge in [-0.05, 0) is 38.1 Å². The summed E-state index contributed by atoms with van der Waals surface area (Å²) < 4.78 is 14.9. The zero-order valence-electron chi connectivity index (χ0n) is 14.6. The molecule has 0 radical (unpaired) electrons. The van der Waals surface area contributed by atoms with E-state index in [9.17, 15) is 14.4 Å². The second-order valence-corrected chi connectivity index (χ2v) is 5.83. The number of aromatic nitrogens is 4. The van der Waals surface area contributed by atoms with Crippen LogP contribution in [-0.2, 0) is 23.9 Å². The van der Waals surface area contributed by atoms with Gasteiger partial charge in [0.15, 0.2) is 5.82 Å². The maximum absolute atomic E-state index is 11.8. The third-order valence-electron chi connectivity index (χ3n) is 3.78. The zero-order valence-corrected chi connectivity index (χ0v) is 14.6. The fourth-order valence-electron chi connectivity index (χ4n) is 2.28. The van der Waals surface area contributed by atoms with Gasteiger partial charge in [0, 0.05) is 5.56 Å². The number of esters is 3. The number of cyclic esters (lactones) is 2. The minimum Gasteiger partial charge on any atom is -0.493 e. The molecule has 2 aromatic rings. The second kappa shape index (κ2) is 7.85. The van der Waals surface area contributed by atoms with E-state index < -0.39 is 29.9 Å². The zero-order chi connectivity index (χ0) is 19.4. The number of rotatable bonds is 6. The highest BCUT2D eigenvalue weighted by Gasteiger charge is 2.44. The van der Waals surface area contributed by atoms with Gasteiger partial charge in [0.05, 0.1) is 13.0 Å². The Bertz CT molecular complexity index is 853. The van der Waals surface area contributed by atoms with Crippen molar-refractivity contribution in [2.75, 3.05) is 6.61 Å². The van der Waals surface area contributed by atoms with Gasteiger partial charge >= 0.3 is 17.9 Å². The summed E-state index contributed by atoms with van der Waals surface area (Å²) in [6.07, 6.45) is -1.28. The highest BCUT2D eigenvalue weighted by atomic mass is 16.6. The van der Waals surface area contributed by atoms with Gasteiger partial charge in [-0.25, -0.2) is 4.79 Å². The quantitative estimate of drug-likeness (QED) is 0.526. The van der Waals surface area contributed by atoms with E-state index in [-0.39, 0.29) is 13.0 Å². The summed E-state index contributed by atoms with van der Waals surface area (Å²) in [7, 11) is 0. The maximum Gasteiger partial charge on any atom is 0.356 e. The molecule has 3 rings (SSSR count). The number of benzene rings is 1. The van der Waals surface area contributed by atoms with Gasteiger partial charge in [-0.2, -0.15) is 0 Å². The van der Waals surface area contributed by atoms with Crippen LogP contribution >= 0.6 is 0 Å². The number of ether oxygens (including phenoxy) is 3. The molecule has 27 heavy (non-hydrogen) atoms. The number of carbonyl (C=O) groups is 3. The van der Waals surface area contributed by atoms with Crippen molar-refractivity contribution in [1.82, 2.24) is 20.4 Å². The van der Waals surface area contributed by atoms with Crippen LogP contribution in [0.2, 0.25) is 0 Å². The van der Waals surface area contributed by atoms with Crippen LogP contribution in [0.25, 0.3) is 11.4 Å². The third kappa shape index (κ3) is 4.40. The molecule has 2 atom stereocenters. The summed E-state index contributed by atoms with van der Waals surface area (Å²) in [6.45, 7) is 3.21. The smallest absolute Gasteiger partial charge is 0.356 e. The van der Waals surface area contributed by atoms with Crippen LogP contribution in [0.1, 0.15) is 19.2 Å². The topological polar surface area (TPSA) is 130 Å². The Morgan fingerprint density at radius 3 is 2.33 bits per heavy atom. The summed E-state index contributed by atoms with van der Waals surface area (Å²) >= 11 is 0. The average molecular weight is 372 g/mol. The minimum atomic E-state index is -1.19. The van der Waals surface area contributed by atoms with Crippen molar-refractivity contribution >= 4 is 17.9 Å². The lowest BCUT2D eigenvalue weighted by molar-refractivity contribution is -0.163. The predicted octanol–water partition coefficient (Wildman–Crippen LogP) is 0.642. The molecule has 10 heteroatoms. The summed E-state index contributed by atoms with van der Waals surface area (Å²) in [5.41, 5.74) is 0.722. The highest BCUT2D eigenvalue weighted by Crippen LogP contribution is 2.21. The molecule has 1 aliphatic heterocycles. The van der Waals surface area contributed by atoms with Gasteiger partial charge in [0.25, 0.3) is 0 Å². The molecule has 1 saturated heterocycles. The SMILES string of the molecule is Cc1nnc(-c2ccc(OCCC(=O)OC3C(=O)OC(=O)C3C)cc2)nn1. The van der Waals surface area contributed by atoms with E-state index in [1.807, 2.05) is 0 Å². The van der Waals surface area contributed by atoms with Crippen LogP contribution in [0.4, 0.5) is 0 Å². The molecule has 0 bridgehead atoms. The Hall–Kier alpha value is -3.43. The summed E-state index contributed by atoms with van der Waals surface area (Å²) in [5.74, 6) is -1.60. The first-order valence-corrected chi connectivity index (χ1v) is 8.16. The lowest BCUT2D eigenvalue weighted by Gasteiger charge is -2.11. The lowest BCUT2D eigenvalue weighted by atomic mass is 10.1. The Morgan fingerprint density at radius 1 is 1.07 bits per heavy atom. The van der Waals surface area contributed by atoms with Crippen LogP contribution in [0, 0.1) is 12.8 Å². The van der Waals surface area contributed by atoms with E-state index >= 15 is 0 Å². The lowest BCUT2D eigenvalue weighted by Crippen LogP contribution is -2.28. The Morgan fingerprint density at radius 2 is 1.74 bits per heavy atom. The third-order valence-corrected chi connectivity index (χ3v) is 3.78. The molecule has 1 fully saturated rings. The number of hydrogen-bond donors (Lipinski definition) is 0. The fourth-order valence-corrected chi connectivity index (χ4v) is 2.28. The Balaban J connectivity index is 1.47. The van der Waals surface area contributed by atoms with E-state index in [0.29, 0.717) is 17.4 Å². The van der Waals surface area contributed by atoms with Crippen molar-refractivity contribution in [2.45, 2.75) is 26.4 Å². The van der Waals surface area contributed by atoms with E-state index in [2.05, 4.69) is 25.1 Å². The molecular weight excluding hydrogens is 356 g/mol. The Kier molecular flexibility index (Phi) is 5.34. The molecule has 140 valence electrons. The van der Waals surface area contributed by atoms with Crippen LogP contribution in [0.15, 0.2) is 24.3 Å². The molecule has 2 heterocycles. The van der Waals surface area contributed by atoms with Gasteiger partial charge in [-0.3, -0.25) is 9.59 Å². The number of carbonyl (C=O) groups excluding carboxylic acids is 3. The number of nitrogens with zero attached hydrogens (tertiary/aromatic N) is 4. The number of aryl methyl sites for hydroxylation is 1. The Labute approximate surface area is 153 Å². The van der Waals surface area contributed by atoms with Crippen LogP contribution in [0.5, 0.6) is 5.75 Å². The van der Waals surface area contributed by atoms with E-state index in [1.54, 1.807) is 31.2 Å². The first-order chi connectivity index (χ1) is 12.9. The molecular formula is C17H16N4O6. The van der Waals surface area contributed by atoms with Gasteiger partial charge in [0.1, 0.15) is 11.7 Å². The molecule has 0 spiro atoms. The standard InChI is InChI=1S/C17H16N4O6/c1-9-14(17(24)27-16(9)23)26-13(22)7-8-25-12-5-3-11(4-6-12)15-20-18-10(2)19-21-15/h3-6,9,14H,7-8H2,1-2H3. The predicted molar refractivity (Wildman–Crippen MR) is 88.1 cm³/mol. The normalized spacial score (nSPS) is 18.9. The second-order valence-electron chi connectivity index (χ2n) is 5.83. The molecule has 2 unspecified atom stereocenters. The highest BCUT2D eigenvalue weighted by molar-refractivity contribution is 5.98. The summed E-state index contributed by atoms with van der Waals surface area (Å²) in [6, 6.07) is 6.87. The molecule has 0 amide bonds. The largest absolute Gasteiger partial charge is 0.493 e. The van der Waals surface area contributed by atoms with Crippen molar-refractivity contribution in [2.24, 2.45) is 5.92 Å².